The number of aliphatic hydroxyl groups is 1. The molecule has 2 heterocycles. The molecule has 0 bridgehead atoms. The summed E-state index contributed by atoms with van der Waals surface area (Å²) < 4.78 is 0. The maximum atomic E-state index is 12.1. The van der Waals surface area contributed by atoms with Gasteiger partial charge in [0.1, 0.15) is 0 Å². The Morgan fingerprint density at radius 1 is 1.57 bits per heavy atom. The van der Waals surface area contributed by atoms with Gasteiger partial charge in [-0.05, 0) is 6.92 Å². The molecule has 0 radical (unpaired) electrons. The van der Waals surface area contributed by atoms with Crippen LogP contribution in [-0.4, -0.2) is 70.2 Å². The van der Waals surface area contributed by atoms with Crippen molar-refractivity contribution < 1.29 is 14.7 Å². The third kappa shape index (κ3) is 3.33. The van der Waals surface area contributed by atoms with Crippen LogP contribution in [0.2, 0.25) is 0 Å². The van der Waals surface area contributed by atoms with Gasteiger partial charge < -0.3 is 14.9 Å². The van der Waals surface area contributed by atoms with Crippen molar-refractivity contribution in [3.8, 4) is 0 Å². The molecule has 2 atom stereocenters. The summed E-state index contributed by atoms with van der Waals surface area (Å²) >= 11 is 7.21. The largest absolute Gasteiger partial charge is 0.396 e. The lowest BCUT2D eigenvalue weighted by atomic mass is 10.1. The molecule has 2 unspecified atom stereocenters. The van der Waals surface area contributed by atoms with E-state index >= 15 is 0 Å². The summed E-state index contributed by atoms with van der Waals surface area (Å²) in [6.45, 7) is 2.19. The van der Waals surface area contributed by atoms with Crippen LogP contribution in [0, 0.1) is 0 Å². The van der Waals surface area contributed by atoms with Crippen LogP contribution in [-0.2, 0) is 4.79 Å². The number of carbonyl (C=O) groups is 2. The normalized spacial score (nSPS) is 25.9. The Morgan fingerprint density at radius 3 is 2.90 bits per heavy atom. The van der Waals surface area contributed by atoms with Crippen LogP contribution in [0.3, 0.4) is 0 Å². The topological polar surface area (TPSA) is 85.2 Å². The molecule has 0 spiro atoms. The van der Waals surface area contributed by atoms with E-state index in [0.717, 1.165) is 0 Å². The number of imide groups is 1. The zero-order valence-corrected chi connectivity index (χ0v) is 13.3. The lowest BCUT2D eigenvalue weighted by Crippen LogP contribution is -2.63. The van der Waals surface area contributed by atoms with Crippen LogP contribution >= 0.6 is 23.4 Å². The summed E-state index contributed by atoms with van der Waals surface area (Å²) in [4.78, 5) is 31.4. The van der Waals surface area contributed by atoms with Gasteiger partial charge in [-0.3, -0.25) is 10.1 Å². The van der Waals surface area contributed by atoms with Crippen LogP contribution < -0.4 is 5.32 Å². The van der Waals surface area contributed by atoms with Gasteiger partial charge in [0.15, 0.2) is 17.4 Å². The summed E-state index contributed by atoms with van der Waals surface area (Å²) in [7, 11) is 1.60. The minimum atomic E-state index is -0.568. The molecule has 2 rings (SSSR count). The van der Waals surface area contributed by atoms with E-state index in [0.29, 0.717) is 22.5 Å². The predicted octanol–water partition coefficient (Wildman–Crippen LogP) is 0.402. The van der Waals surface area contributed by atoms with E-state index in [1.165, 1.54) is 16.7 Å². The SMILES string of the molecule is C/C(Cl)=C\CN1C(SCCO)=NC2C1C(=O)NC(=O)N2C. The average Bonchev–Trinajstić information content (AvgIpc) is 2.79. The van der Waals surface area contributed by atoms with Crippen molar-refractivity contribution in [1.82, 2.24) is 15.1 Å². The third-order valence-electron chi connectivity index (χ3n) is 3.21. The van der Waals surface area contributed by atoms with Crippen molar-refractivity contribution in [3.05, 3.63) is 11.1 Å². The Labute approximate surface area is 132 Å². The Morgan fingerprint density at radius 2 is 2.29 bits per heavy atom. The fourth-order valence-electron chi connectivity index (χ4n) is 2.17. The first-order valence-electron chi connectivity index (χ1n) is 6.43. The summed E-state index contributed by atoms with van der Waals surface area (Å²) in [5, 5.41) is 12.5. The number of hydrogen-bond acceptors (Lipinski definition) is 6. The number of hydrogen-bond donors (Lipinski definition) is 2. The fourth-order valence-corrected chi connectivity index (χ4v) is 3.05. The van der Waals surface area contributed by atoms with Gasteiger partial charge in [-0.2, -0.15) is 0 Å². The standard InChI is InChI=1S/C12H17ClN4O3S/c1-7(13)3-4-17-8-9(14-12(17)21-6-5-18)16(2)11(20)15-10(8)19/h3,8-9,18H,4-6H2,1-2H3,(H,15,19,20)/b7-3+. The first-order valence-corrected chi connectivity index (χ1v) is 7.80. The maximum absolute atomic E-state index is 12.1. The summed E-state index contributed by atoms with van der Waals surface area (Å²) in [5.41, 5.74) is 0. The molecular weight excluding hydrogens is 316 g/mol. The Kier molecular flexibility index (Phi) is 5.13. The Hall–Kier alpha value is -1.25. The molecule has 2 aliphatic heterocycles. The van der Waals surface area contributed by atoms with E-state index in [9.17, 15) is 9.59 Å². The van der Waals surface area contributed by atoms with Crippen LogP contribution in [0.1, 0.15) is 6.92 Å². The van der Waals surface area contributed by atoms with Gasteiger partial charge in [-0.25, -0.2) is 9.79 Å². The molecular formula is C12H17ClN4O3S. The van der Waals surface area contributed by atoms with E-state index in [2.05, 4.69) is 10.3 Å². The highest BCUT2D eigenvalue weighted by molar-refractivity contribution is 8.13. The van der Waals surface area contributed by atoms with Gasteiger partial charge in [0.2, 0.25) is 0 Å². The number of nitrogens with zero attached hydrogens (tertiary/aromatic N) is 3. The number of amidine groups is 1. The highest BCUT2D eigenvalue weighted by atomic mass is 35.5. The molecule has 21 heavy (non-hydrogen) atoms. The second-order valence-corrected chi connectivity index (χ2v) is 6.35. The Balaban J connectivity index is 2.26. The monoisotopic (exact) mass is 332 g/mol. The minimum Gasteiger partial charge on any atom is -0.396 e. The van der Waals surface area contributed by atoms with Gasteiger partial charge in [0.25, 0.3) is 5.91 Å². The molecule has 2 aliphatic rings. The Bertz CT molecular complexity index is 507. The highest BCUT2D eigenvalue weighted by Gasteiger charge is 2.48. The van der Waals surface area contributed by atoms with Crippen molar-refractivity contribution in [1.29, 1.82) is 0 Å². The quantitative estimate of drug-likeness (QED) is 0.778. The van der Waals surface area contributed by atoms with Crippen molar-refractivity contribution in [2.75, 3.05) is 26.0 Å². The molecule has 3 amide bonds. The minimum absolute atomic E-state index is 0.0121. The van der Waals surface area contributed by atoms with E-state index in [1.54, 1.807) is 24.9 Å². The molecule has 0 aromatic rings. The number of fused-ring (bicyclic) bond motifs is 1. The fraction of sp³-hybridized carbons (Fsp3) is 0.583. The van der Waals surface area contributed by atoms with E-state index in [-0.39, 0.29) is 12.5 Å². The zero-order valence-electron chi connectivity index (χ0n) is 11.7. The second-order valence-electron chi connectivity index (χ2n) is 4.69. The van der Waals surface area contributed by atoms with Gasteiger partial charge in [-0.15, -0.1) is 0 Å². The van der Waals surface area contributed by atoms with Gasteiger partial charge >= 0.3 is 6.03 Å². The summed E-state index contributed by atoms with van der Waals surface area (Å²) in [6, 6.07) is -1.02. The first-order chi connectivity index (χ1) is 9.95. The lowest BCUT2D eigenvalue weighted by molar-refractivity contribution is -0.126. The number of rotatable bonds is 4. The van der Waals surface area contributed by atoms with E-state index < -0.39 is 18.2 Å². The number of likely N-dealkylation sites (N-methyl/N-ethyl adjacent to an activating group) is 1. The number of halogens is 1. The number of aliphatic imine (C=N–C) groups is 1. The molecule has 0 aliphatic carbocycles. The maximum Gasteiger partial charge on any atom is 0.325 e. The van der Waals surface area contributed by atoms with Crippen molar-refractivity contribution >= 4 is 40.5 Å². The van der Waals surface area contributed by atoms with Crippen molar-refractivity contribution in [2.45, 2.75) is 19.1 Å². The molecule has 2 N–H and O–H groups in total. The molecule has 7 nitrogen and oxygen atoms in total. The van der Waals surface area contributed by atoms with Gasteiger partial charge in [0.05, 0.1) is 6.61 Å². The molecule has 1 saturated heterocycles. The first kappa shape index (κ1) is 16.1. The third-order valence-corrected chi connectivity index (χ3v) is 4.35. The molecule has 0 aromatic carbocycles. The second kappa shape index (κ2) is 6.67. The molecule has 0 aromatic heterocycles. The van der Waals surface area contributed by atoms with Crippen molar-refractivity contribution in [3.63, 3.8) is 0 Å². The molecule has 9 heteroatoms. The smallest absolute Gasteiger partial charge is 0.325 e. The number of aliphatic hydroxyl groups excluding tert-OH is 1. The van der Waals surface area contributed by atoms with Crippen LogP contribution in [0.5, 0.6) is 0 Å². The predicted molar refractivity (Wildman–Crippen MR) is 82.2 cm³/mol. The lowest BCUT2D eigenvalue weighted by Gasteiger charge is -2.35. The summed E-state index contributed by atoms with van der Waals surface area (Å²) in [6.07, 6.45) is 1.24. The van der Waals surface area contributed by atoms with Crippen LogP contribution in [0.4, 0.5) is 4.79 Å². The number of nitrogens with one attached hydrogen (secondary N) is 1. The van der Waals surface area contributed by atoms with Gasteiger partial charge in [0, 0.05) is 24.4 Å². The average molecular weight is 333 g/mol. The van der Waals surface area contributed by atoms with Crippen LogP contribution in [0.25, 0.3) is 0 Å². The number of thioether (sulfide) groups is 1. The number of allylic oxidation sites excluding steroid dienone is 1. The zero-order chi connectivity index (χ0) is 15.6. The molecule has 0 saturated carbocycles. The van der Waals surface area contributed by atoms with E-state index in [1.807, 2.05) is 0 Å². The van der Waals surface area contributed by atoms with E-state index in [4.69, 9.17) is 16.7 Å². The number of urea groups is 1. The number of carbonyl (C=O) groups excluding carboxylic acids is 2. The number of amides is 3. The molecule has 116 valence electrons. The highest BCUT2D eigenvalue weighted by Crippen LogP contribution is 2.28. The van der Waals surface area contributed by atoms with Gasteiger partial charge in [-0.1, -0.05) is 29.4 Å². The summed E-state index contributed by atoms with van der Waals surface area (Å²) in [5.74, 6) is 0.101. The van der Waals surface area contributed by atoms with Crippen LogP contribution in [0.15, 0.2) is 16.1 Å². The van der Waals surface area contributed by atoms with Crippen molar-refractivity contribution in [2.24, 2.45) is 4.99 Å². The molecule has 1 fully saturated rings.